The number of benzene rings is 1. The van der Waals surface area contributed by atoms with Crippen molar-refractivity contribution in [2.24, 2.45) is 0 Å². The highest BCUT2D eigenvalue weighted by atomic mass is 19.1. The number of hydrogen-bond acceptors (Lipinski definition) is 5. The molecule has 1 aromatic carbocycles. The zero-order valence-corrected chi connectivity index (χ0v) is 11.3. The number of rotatable bonds is 3. The van der Waals surface area contributed by atoms with Crippen molar-refractivity contribution in [2.45, 2.75) is 13.0 Å². The average Bonchev–Trinajstić information content (AvgIpc) is 2.97. The van der Waals surface area contributed by atoms with E-state index in [0.717, 1.165) is 26.2 Å². The maximum Gasteiger partial charge on any atom is 0.260 e. The topological polar surface area (TPSA) is 54.2 Å². The Morgan fingerprint density at radius 1 is 1.30 bits per heavy atom. The molecule has 1 saturated heterocycles. The van der Waals surface area contributed by atoms with Crippen molar-refractivity contribution in [3.63, 3.8) is 0 Å². The number of hydrogen-bond donors (Lipinski definition) is 1. The summed E-state index contributed by atoms with van der Waals surface area (Å²) in [6, 6.07) is 6.49. The van der Waals surface area contributed by atoms with E-state index >= 15 is 0 Å². The second kappa shape index (κ2) is 5.68. The van der Waals surface area contributed by atoms with Gasteiger partial charge in [0.2, 0.25) is 0 Å². The van der Waals surface area contributed by atoms with Gasteiger partial charge in [-0.3, -0.25) is 4.90 Å². The first-order chi connectivity index (χ1) is 9.75. The molecule has 0 radical (unpaired) electrons. The van der Waals surface area contributed by atoms with Gasteiger partial charge >= 0.3 is 0 Å². The molecule has 1 atom stereocenters. The summed E-state index contributed by atoms with van der Waals surface area (Å²) in [6.07, 6.45) is 0. The van der Waals surface area contributed by atoms with Gasteiger partial charge in [0.25, 0.3) is 5.89 Å². The standard InChI is InChI=1S/C14H17FN4O/c1-10(19-8-6-16-7-9-19)13-17-14(20-18-13)11-4-2-3-5-12(11)15/h2-5,10,16H,6-9H2,1H3. The molecule has 2 aromatic rings. The molecule has 1 aromatic heterocycles. The van der Waals surface area contributed by atoms with E-state index in [4.69, 9.17) is 4.52 Å². The van der Waals surface area contributed by atoms with E-state index in [1.54, 1.807) is 18.2 Å². The first kappa shape index (κ1) is 13.2. The van der Waals surface area contributed by atoms with Gasteiger partial charge in [0.05, 0.1) is 11.6 Å². The molecule has 3 rings (SSSR count). The van der Waals surface area contributed by atoms with E-state index in [9.17, 15) is 4.39 Å². The fourth-order valence-corrected chi connectivity index (χ4v) is 2.38. The lowest BCUT2D eigenvalue weighted by Crippen LogP contribution is -2.44. The Hall–Kier alpha value is -1.79. The first-order valence-corrected chi connectivity index (χ1v) is 6.79. The van der Waals surface area contributed by atoms with Crippen LogP contribution in [0.25, 0.3) is 11.5 Å². The second-order valence-electron chi connectivity index (χ2n) is 4.90. The molecule has 0 saturated carbocycles. The fraction of sp³-hybridized carbons (Fsp3) is 0.429. The number of nitrogens with one attached hydrogen (secondary N) is 1. The van der Waals surface area contributed by atoms with Crippen LogP contribution in [0.5, 0.6) is 0 Å². The van der Waals surface area contributed by atoms with Crippen LogP contribution < -0.4 is 5.32 Å². The van der Waals surface area contributed by atoms with Crippen molar-refractivity contribution in [3.8, 4) is 11.5 Å². The van der Waals surface area contributed by atoms with E-state index in [2.05, 4.69) is 20.4 Å². The molecule has 20 heavy (non-hydrogen) atoms. The van der Waals surface area contributed by atoms with Gasteiger partial charge in [-0.1, -0.05) is 17.3 Å². The van der Waals surface area contributed by atoms with Crippen molar-refractivity contribution in [2.75, 3.05) is 26.2 Å². The lowest BCUT2D eigenvalue weighted by atomic mass is 10.2. The third kappa shape index (κ3) is 2.57. The monoisotopic (exact) mass is 276 g/mol. The molecule has 1 N–H and O–H groups in total. The summed E-state index contributed by atoms with van der Waals surface area (Å²) >= 11 is 0. The Labute approximate surface area is 116 Å². The van der Waals surface area contributed by atoms with Crippen LogP contribution >= 0.6 is 0 Å². The molecule has 0 bridgehead atoms. The quantitative estimate of drug-likeness (QED) is 0.927. The largest absolute Gasteiger partial charge is 0.334 e. The van der Waals surface area contributed by atoms with Gasteiger partial charge in [-0.2, -0.15) is 4.98 Å². The molecule has 1 aliphatic heterocycles. The molecule has 0 spiro atoms. The summed E-state index contributed by atoms with van der Waals surface area (Å²) in [7, 11) is 0. The van der Waals surface area contributed by atoms with Crippen LogP contribution in [0.4, 0.5) is 4.39 Å². The average molecular weight is 276 g/mol. The molecule has 0 amide bonds. The molecule has 5 nitrogen and oxygen atoms in total. The summed E-state index contributed by atoms with van der Waals surface area (Å²) < 4.78 is 18.9. The maximum absolute atomic E-state index is 13.7. The van der Waals surface area contributed by atoms with Gasteiger partial charge in [-0.05, 0) is 19.1 Å². The van der Waals surface area contributed by atoms with Crippen LogP contribution in [0.15, 0.2) is 28.8 Å². The zero-order valence-electron chi connectivity index (χ0n) is 11.3. The molecule has 1 fully saturated rings. The summed E-state index contributed by atoms with van der Waals surface area (Å²) in [6.45, 7) is 5.86. The normalized spacial score (nSPS) is 18.1. The van der Waals surface area contributed by atoms with Crippen molar-refractivity contribution < 1.29 is 8.91 Å². The fourth-order valence-electron chi connectivity index (χ4n) is 2.38. The van der Waals surface area contributed by atoms with E-state index in [1.807, 2.05) is 6.92 Å². The highest BCUT2D eigenvalue weighted by Crippen LogP contribution is 2.24. The van der Waals surface area contributed by atoms with Crippen molar-refractivity contribution in [3.05, 3.63) is 35.9 Å². The van der Waals surface area contributed by atoms with Gasteiger partial charge in [0, 0.05) is 26.2 Å². The molecular weight excluding hydrogens is 259 g/mol. The molecule has 0 aliphatic carbocycles. The van der Waals surface area contributed by atoms with Crippen LogP contribution in [0.2, 0.25) is 0 Å². The molecule has 1 unspecified atom stereocenters. The van der Waals surface area contributed by atoms with Crippen LogP contribution in [-0.4, -0.2) is 41.2 Å². The number of nitrogens with zero attached hydrogens (tertiary/aromatic N) is 3. The van der Waals surface area contributed by atoms with Crippen LogP contribution in [0, 0.1) is 5.82 Å². The summed E-state index contributed by atoms with van der Waals surface area (Å²) in [5.41, 5.74) is 0.346. The van der Waals surface area contributed by atoms with E-state index < -0.39 is 0 Å². The molecule has 1 aliphatic rings. The Morgan fingerprint density at radius 2 is 2.05 bits per heavy atom. The highest BCUT2D eigenvalue weighted by Gasteiger charge is 2.23. The Bertz CT molecular complexity index is 580. The van der Waals surface area contributed by atoms with Gasteiger partial charge in [0.15, 0.2) is 5.82 Å². The van der Waals surface area contributed by atoms with E-state index in [0.29, 0.717) is 11.4 Å². The lowest BCUT2D eigenvalue weighted by Gasteiger charge is -2.30. The van der Waals surface area contributed by atoms with Gasteiger partial charge in [-0.25, -0.2) is 4.39 Å². The highest BCUT2D eigenvalue weighted by molar-refractivity contribution is 5.53. The third-order valence-corrected chi connectivity index (χ3v) is 3.62. The number of halogens is 1. The summed E-state index contributed by atoms with van der Waals surface area (Å²) in [5, 5.41) is 7.30. The minimum absolute atomic E-state index is 0.0707. The minimum Gasteiger partial charge on any atom is -0.334 e. The second-order valence-corrected chi connectivity index (χ2v) is 4.90. The molecular formula is C14H17FN4O. The van der Waals surface area contributed by atoms with Crippen LogP contribution in [-0.2, 0) is 0 Å². The zero-order chi connectivity index (χ0) is 13.9. The lowest BCUT2D eigenvalue weighted by molar-refractivity contribution is 0.176. The van der Waals surface area contributed by atoms with Crippen LogP contribution in [0.1, 0.15) is 18.8 Å². The maximum atomic E-state index is 13.7. The predicted octanol–water partition coefficient (Wildman–Crippen LogP) is 1.84. The molecule has 6 heteroatoms. The number of piperazine rings is 1. The minimum atomic E-state index is -0.350. The Kier molecular flexibility index (Phi) is 3.75. The van der Waals surface area contributed by atoms with Gasteiger partial charge < -0.3 is 9.84 Å². The molecule has 106 valence electrons. The third-order valence-electron chi connectivity index (χ3n) is 3.62. The number of aromatic nitrogens is 2. The SMILES string of the molecule is CC(c1noc(-c2ccccc2F)n1)N1CCNCC1. The van der Waals surface area contributed by atoms with E-state index in [-0.39, 0.29) is 17.7 Å². The molecule has 2 heterocycles. The van der Waals surface area contributed by atoms with Gasteiger partial charge in [-0.15, -0.1) is 0 Å². The Morgan fingerprint density at radius 3 is 2.80 bits per heavy atom. The summed E-state index contributed by atoms with van der Waals surface area (Å²) in [5.74, 6) is 0.489. The van der Waals surface area contributed by atoms with Gasteiger partial charge in [0.1, 0.15) is 5.82 Å². The smallest absolute Gasteiger partial charge is 0.260 e. The van der Waals surface area contributed by atoms with Crippen LogP contribution in [0.3, 0.4) is 0 Å². The van der Waals surface area contributed by atoms with Crippen molar-refractivity contribution >= 4 is 0 Å². The predicted molar refractivity (Wildman–Crippen MR) is 72.5 cm³/mol. The first-order valence-electron chi connectivity index (χ1n) is 6.79. The Balaban J connectivity index is 1.81. The van der Waals surface area contributed by atoms with Crippen molar-refractivity contribution in [1.82, 2.24) is 20.4 Å². The van der Waals surface area contributed by atoms with Crippen molar-refractivity contribution in [1.29, 1.82) is 0 Å². The van der Waals surface area contributed by atoms with E-state index in [1.165, 1.54) is 6.07 Å². The summed E-state index contributed by atoms with van der Waals surface area (Å²) in [4.78, 5) is 6.62.